The molecule has 0 aliphatic heterocycles. The summed E-state index contributed by atoms with van der Waals surface area (Å²) in [6, 6.07) is 5.57. The van der Waals surface area contributed by atoms with Gasteiger partial charge in [-0.1, -0.05) is 11.6 Å². The molecule has 28 heavy (non-hydrogen) atoms. The van der Waals surface area contributed by atoms with Crippen LogP contribution in [0.3, 0.4) is 0 Å². The number of nitrogens with one attached hydrogen (secondary N) is 2. The molecule has 148 valence electrons. The molecule has 0 atom stereocenters. The van der Waals surface area contributed by atoms with Gasteiger partial charge in [-0.3, -0.25) is 0 Å². The van der Waals surface area contributed by atoms with Crippen molar-refractivity contribution in [3.8, 4) is 5.75 Å². The SMILES string of the molecule is Cn1cnc2c(NCc3cc(Cl)ccc3O)nc(NC3CCC(N)CC3)nc21. The molecule has 1 saturated carbocycles. The van der Waals surface area contributed by atoms with Gasteiger partial charge in [0.25, 0.3) is 0 Å². The highest BCUT2D eigenvalue weighted by atomic mass is 35.5. The van der Waals surface area contributed by atoms with E-state index in [1.807, 2.05) is 11.6 Å². The number of hydrogen-bond donors (Lipinski definition) is 4. The average molecular weight is 402 g/mol. The maximum absolute atomic E-state index is 10.0. The molecule has 4 rings (SSSR count). The Bertz CT molecular complexity index is 982. The van der Waals surface area contributed by atoms with Gasteiger partial charge in [0.15, 0.2) is 17.0 Å². The van der Waals surface area contributed by atoms with E-state index in [1.165, 1.54) is 0 Å². The number of nitrogens with two attached hydrogens (primary N) is 1. The van der Waals surface area contributed by atoms with Crippen molar-refractivity contribution in [3.63, 3.8) is 0 Å². The lowest BCUT2D eigenvalue weighted by molar-refractivity contribution is 0.410. The monoisotopic (exact) mass is 401 g/mol. The Morgan fingerprint density at radius 1 is 1.25 bits per heavy atom. The molecule has 8 nitrogen and oxygen atoms in total. The van der Waals surface area contributed by atoms with E-state index in [9.17, 15) is 5.11 Å². The molecule has 2 heterocycles. The van der Waals surface area contributed by atoms with Crippen LogP contribution in [0.2, 0.25) is 5.02 Å². The van der Waals surface area contributed by atoms with Gasteiger partial charge in [0.05, 0.1) is 6.33 Å². The molecular formula is C19H24ClN7O. The zero-order chi connectivity index (χ0) is 19.7. The van der Waals surface area contributed by atoms with Crippen LogP contribution in [0.1, 0.15) is 31.2 Å². The number of benzene rings is 1. The van der Waals surface area contributed by atoms with Gasteiger partial charge in [-0.25, -0.2) is 4.98 Å². The molecule has 1 aliphatic rings. The number of phenolic OH excluding ortho intramolecular Hbond substituents is 1. The number of rotatable bonds is 5. The van der Waals surface area contributed by atoms with Crippen LogP contribution in [0.25, 0.3) is 11.2 Å². The van der Waals surface area contributed by atoms with E-state index in [0.717, 1.165) is 31.3 Å². The normalized spacial score (nSPS) is 19.7. The number of fused-ring (bicyclic) bond motifs is 1. The van der Waals surface area contributed by atoms with Crippen LogP contribution in [0.5, 0.6) is 5.75 Å². The quantitative estimate of drug-likeness (QED) is 0.519. The molecule has 9 heteroatoms. The first kappa shape index (κ1) is 18.8. The predicted octanol–water partition coefficient (Wildman–Crippen LogP) is 3.02. The second kappa shape index (κ2) is 7.81. The number of nitrogens with zero attached hydrogens (tertiary/aromatic N) is 4. The minimum atomic E-state index is 0.181. The summed E-state index contributed by atoms with van der Waals surface area (Å²) in [7, 11) is 1.90. The molecule has 5 N–H and O–H groups in total. The highest BCUT2D eigenvalue weighted by molar-refractivity contribution is 6.30. The molecule has 0 amide bonds. The van der Waals surface area contributed by atoms with E-state index in [0.29, 0.717) is 46.5 Å². The Labute approximate surface area is 168 Å². The average Bonchev–Trinajstić information content (AvgIpc) is 3.05. The van der Waals surface area contributed by atoms with Crippen molar-refractivity contribution in [3.05, 3.63) is 35.1 Å². The maximum atomic E-state index is 10.0. The Kier molecular flexibility index (Phi) is 5.23. The van der Waals surface area contributed by atoms with Crippen LogP contribution < -0.4 is 16.4 Å². The first-order valence-corrected chi connectivity index (χ1v) is 9.80. The molecule has 1 fully saturated rings. The van der Waals surface area contributed by atoms with Crippen LogP contribution in [0, 0.1) is 0 Å². The zero-order valence-electron chi connectivity index (χ0n) is 15.7. The lowest BCUT2D eigenvalue weighted by Gasteiger charge is -2.26. The van der Waals surface area contributed by atoms with E-state index >= 15 is 0 Å². The zero-order valence-corrected chi connectivity index (χ0v) is 16.4. The fourth-order valence-corrected chi connectivity index (χ4v) is 3.71. The number of anilines is 2. The number of aromatic nitrogens is 4. The van der Waals surface area contributed by atoms with Gasteiger partial charge in [-0.15, -0.1) is 0 Å². The summed E-state index contributed by atoms with van der Waals surface area (Å²) in [5.74, 6) is 1.36. The second-order valence-electron chi connectivity index (χ2n) is 7.31. The standard InChI is InChI=1S/C19H24ClN7O/c1-27-10-23-16-17(22-9-11-8-12(20)2-7-15(11)28)25-19(26-18(16)27)24-14-5-3-13(21)4-6-14/h2,7-8,10,13-14,28H,3-6,9,21H2,1H3,(H2,22,24,25,26). The van der Waals surface area contributed by atoms with Gasteiger partial charge in [0.1, 0.15) is 5.75 Å². The summed E-state index contributed by atoms with van der Waals surface area (Å²) in [6.07, 6.45) is 5.74. The van der Waals surface area contributed by atoms with Crippen molar-refractivity contribution in [1.29, 1.82) is 0 Å². The van der Waals surface area contributed by atoms with E-state index in [1.54, 1.807) is 24.5 Å². The van der Waals surface area contributed by atoms with Crippen molar-refractivity contribution in [2.75, 3.05) is 10.6 Å². The lowest BCUT2D eigenvalue weighted by Crippen LogP contribution is -2.33. The molecule has 0 unspecified atom stereocenters. The Hall–Kier alpha value is -2.58. The van der Waals surface area contributed by atoms with Crippen LogP contribution in [-0.4, -0.2) is 36.7 Å². The fourth-order valence-electron chi connectivity index (χ4n) is 3.52. The summed E-state index contributed by atoms with van der Waals surface area (Å²) < 4.78 is 1.86. The topological polar surface area (TPSA) is 114 Å². The Morgan fingerprint density at radius 2 is 2.04 bits per heavy atom. The van der Waals surface area contributed by atoms with Crippen molar-refractivity contribution < 1.29 is 5.11 Å². The van der Waals surface area contributed by atoms with Crippen molar-refractivity contribution in [2.45, 2.75) is 44.3 Å². The molecule has 0 spiro atoms. The van der Waals surface area contributed by atoms with Gasteiger partial charge < -0.3 is 26.0 Å². The van der Waals surface area contributed by atoms with Crippen LogP contribution >= 0.6 is 11.6 Å². The number of hydrogen-bond acceptors (Lipinski definition) is 7. The molecule has 0 radical (unpaired) electrons. The fraction of sp³-hybridized carbons (Fsp3) is 0.421. The van der Waals surface area contributed by atoms with E-state index in [2.05, 4.69) is 25.6 Å². The smallest absolute Gasteiger partial charge is 0.227 e. The van der Waals surface area contributed by atoms with Gasteiger partial charge in [-0.2, -0.15) is 9.97 Å². The number of aromatic hydroxyl groups is 1. The molecule has 1 aliphatic carbocycles. The lowest BCUT2D eigenvalue weighted by atomic mass is 9.92. The summed E-state index contributed by atoms with van der Waals surface area (Å²) in [5.41, 5.74) is 8.11. The molecule has 2 aromatic heterocycles. The minimum Gasteiger partial charge on any atom is -0.508 e. The van der Waals surface area contributed by atoms with Gasteiger partial charge in [-0.05, 0) is 43.9 Å². The summed E-state index contributed by atoms with van der Waals surface area (Å²) in [4.78, 5) is 13.7. The van der Waals surface area contributed by atoms with Crippen molar-refractivity contribution in [1.82, 2.24) is 19.5 Å². The Balaban J connectivity index is 1.58. The number of aryl methyl sites for hydroxylation is 1. The van der Waals surface area contributed by atoms with Crippen LogP contribution in [0.4, 0.5) is 11.8 Å². The summed E-state index contributed by atoms with van der Waals surface area (Å²) >= 11 is 6.04. The van der Waals surface area contributed by atoms with Gasteiger partial charge in [0.2, 0.25) is 5.95 Å². The summed E-state index contributed by atoms with van der Waals surface area (Å²) in [5, 5.41) is 17.3. The van der Waals surface area contributed by atoms with E-state index in [4.69, 9.17) is 17.3 Å². The summed E-state index contributed by atoms with van der Waals surface area (Å²) in [6.45, 7) is 0.368. The van der Waals surface area contributed by atoms with E-state index in [-0.39, 0.29) is 5.75 Å². The van der Waals surface area contributed by atoms with Crippen LogP contribution in [-0.2, 0) is 13.6 Å². The molecule has 1 aromatic carbocycles. The Morgan fingerprint density at radius 3 is 2.82 bits per heavy atom. The third kappa shape index (κ3) is 3.98. The van der Waals surface area contributed by atoms with Gasteiger partial charge in [0, 0.05) is 36.3 Å². The number of imidazole rings is 1. The molecular weight excluding hydrogens is 378 g/mol. The first-order valence-electron chi connectivity index (χ1n) is 9.42. The third-order valence-electron chi connectivity index (χ3n) is 5.15. The second-order valence-corrected chi connectivity index (χ2v) is 7.74. The first-order chi connectivity index (χ1) is 13.5. The van der Waals surface area contributed by atoms with E-state index < -0.39 is 0 Å². The number of halogens is 1. The predicted molar refractivity (Wildman–Crippen MR) is 111 cm³/mol. The molecule has 3 aromatic rings. The highest BCUT2D eigenvalue weighted by Crippen LogP contribution is 2.26. The number of phenols is 1. The highest BCUT2D eigenvalue weighted by Gasteiger charge is 2.20. The minimum absolute atomic E-state index is 0.181. The van der Waals surface area contributed by atoms with Crippen molar-refractivity contribution in [2.24, 2.45) is 12.8 Å². The molecule has 0 saturated heterocycles. The van der Waals surface area contributed by atoms with Crippen molar-refractivity contribution >= 4 is 34.5 Å². The molecule has 0 bridgehead atoms. The third-order valence-corrected chi connectivity index (χ3v) is 5.39. The van der Waals surface area contributed by atoms with Crippen LogP contribution in [0.15, 0.2) is 24.5 Å². The maximum Gasteiger partial charge on any atom is 0.227 e. The largest absolute Gasteiger partial charge is 0.508 e. The van der Waals surface area contributed by atoms with Gasteiger partial charge >= 0.3 is 0 Å².